The molecule has 10 heteroatoms. The third kappa shape index (κ3) is 8.12. The molecule has 212 valence electrons. The molecule has 1 fully saturated rings. The van der Waals surface area contributed by atoms with E-state index in [4.69, 9.17) is 4.74 Å². The van der Waals surface area contributed by atoms with E-state index in [1.165, 1.54) is 29.2 Å². The first-order valence-electron chi connectivity index (χ1n) is 13.2. The topological polar surface area (TPSA) is 105 Å². The van der Waals surface area contributed by atoms with Gasteiger partial charge in [0.2, 0.25) is 21.8 Å². The minimum absolute atomic E-state index is 0.0183. The average Bonchev–Trinajstić information content (AvgIpc) is 3.77. The van der Waals surface area contributed by atoms with Crippen LogP contribution < -0.4 is 14.8 Å². The number of aryl methyl sites for hydroxylation is 1. The van der Waals surface area contributed by atoms with Gasteiger partial charge in [0.1, 0.15) is 17.6 Å². The zero-order chi connectivity index (χ0) is 28.7. The van der Waals surface area contributed by atoms with Gasteiger partial charge >= 0.3 is 0 Å². The van der Waals surface area contributed by atoms with Gasteiger partial charge in [-0.15, -0.1) is 0 Å². The summed E-state index contributed by atoms with van der Waals surface area (Å²) in [6.07, 6.45) is 2.19. The molecule has 0 saturated heterocycles. The number of ether oxygens (including phenoxy) is 1. The fraction of sp³-hybridized carbons (Fsp3) is 0.333. The molecule has 0 bridgehead atoms. The van der Waals surface area contributed by atoms with Gasteiger partial charge in [0.25, 0.3) is 0 Å². The first-order valence-corrected chi connectivity index (χ1v) is 14.7. The van der Waals surface area contributed by atoms with Crippen LogP contribution in [0, 0.1) is 5.82 Å². The van der Waals surface area contributed by atoms with Crippen molar-refractivity contribution in [2.75, 3.05) is 7.11 Å². The van der Waals surface area contributed by atoms with Crippen molar-refractivity contribution in [2.45, 2.75) is 62.7 Å². The van der Waals surface area contributed by atoms with Crippen molar-refractivity contribution in [3.8, 4) is 5.75 Å². The molecule has 0 aromatic heterocycles. The smallest absolute Gasteiger partial charge is 0.242 e. The number of amides is 2. The Labute approximate surface area is 234 Å². The van der Waals surface area contributed by atoms with E-state index >= 15 is 0 Å². The molecule has 4 rings (SSSR count). The van der Waals surface area contributed by atoms with Gasteiger partial charge in [-0.25, -0.2) is 17.5 Å². The van der Waals surface area contributed by atoms with Gasteiger partial charge in [-0.2, -0.15) is 0 Å². The Balaban J connectivity index is 1.40. The van der Waals surface area contributed by atoms with Crippen molar-refractivity contribution in [2.24, 2.45) is 0 Å². The SMILES string of the molecule is COc1ccc(CNC(=O)[C@H](C)N(Cc2ccc(F)cc2)C(=O)CCc2ccc(S(=O)(=O)NC3CC3)cc2)cc1. The molecule has 40 heavy (non-hydrogen) atoms. The van der Waals surface area contributed by atoms with Crippen molar-refractivity contribution in [3.05, 3.63) is 95.3 Å². The van der Waals surface area contributed by atoms with Crippen LogP contribution in [0.3, 0.4) is 0 Å². The molecule has 0 aliphatic heterocycles. The number of halogens is 1. The predicted octanol–water partition coefficient (Wildman–Crippen LogP) is 3.94. The molecule has 2 N–H and O–H groups in total. The number of nitrogens with one attached hydrogen (secondary N) is 2. The molecule has 0 unspecified atom stereocenters. The van der Waals surface area contributed by atoms with Crippen LogP contribution in [0.1, 0.15) is 42.9 Å². The Hall–Kier alpha value is -3.76. The lowest BCUT2D eigenvalue weighted by molar-refractivity contribution is -0.140. The summed E-state index contributed by atoms with van der Waals surface area (Å²) < 4.78 is 46.1. The van der Waals surface area contributed by atoms with Crippen molar-refractivity contribution in [3.63, 3.8) is 0 Å². The quantitative estimate of drug-likeness (QED) is 0.326. The highest BCUT2D eigenvalue weighted by Crippen LogP contribution is 2.22. The summed E-state index contributed by atoms with van der Waals surface area (Å²) in [7, 11) is -1.97. The third-order valence-corrected chi connectivity index (χ3v) is 8.36. The van der Waals surface area contributed by atoms with Crippen LogP contribution in [0.4, 0.5) is 4.39 Å². The number of nitrogens with zero attached hydrogens (tertiary/aromatic N) is 1. The number of hydrogen-bond donors (Lipinski definition) is 2. The van der Waals surface area contributed by atoms with Gasteiger partial charge in [-0.3, -0.25) is 9.59 Å². The maximum Gasteiger partial charge on any atom is 0.242 e. The summed E-state index contributed by atoms with van der Waals surface area (Å²) >= 11 is 0. The minimum Gasteiger partial charge on any atom is -0.497 e. The molecule has 3 aromatic carbocycles. The summed E-state index contributed by atoms with van der Waals surface area (Å²) in [5.74, 6) is -0.233. The second-order valence-corrected chi connectivity index (χ2v) is 11.6. The van der Waals surface area contributed by atoms with Crippen molar-refractivity contribution < 1.29 is 27.1 Å². The molecule has 3 aromatic rings. The molecule has 1 aliphatic carbocycles. The Morgan fingerprint density at radius 3 is 2.15 bits per heavy atom. The number of carbonyl (C=O) groups excluding carboxylic acids is 2. The zero-order valence-electron chi connectivity index (χ0n) is 22.6. The molecule has 0 radical (unpaired) electrons. The van der Waals surface area contributed by atoms with Gasteiger partial charge in [0.15, 0.2) is 0 Å². The summed E-state index contributed by atoms with van der Waals surface area (Å²) in [5, 5.41) is 2.88. The molecule has 1 atom stereocenters. The van der Waals surface area contributed by atoms with Crippen LogP contribution in [0.15, 0.2) is 77.7 Å². The van der Waals surface area contributed by atoms with Gasteiger partial charge in [-0.05, 0) is 79.3 Å². The number of hydrogen-bond acceptors (Lipinski definition) is 5. The Morgan fingerprint density at radius 1 is 0.950 bits per heavy atom. The van der Waals surface area contributed by atoms with Gasteiger partial charge < -0.3 is 15.0 Å². The van der Waals surface area contributed by atoms with Crippen molar-refractivity contribution in [1.82, 2.24) is 14.9 Å². The van der Waals surface area contributed by atoms with E-state index in [9.17, 15) is 22.4 Å². The Bertz CT molecular complexity index is 1410. The van der Waals surface area contributed by atoms with Gasteiger partial charge in [0, 0.05) is 25.6 Å². The maximum atomic E-state index is 13.5. The van der Waals surface area contributed by atoms with Crippen LogP contribution in [0.2, 0.25) is 0 Å². The summed E-state index contributed by atoms with van der Waals surface area (Å²) in [5.41, 5.74) is 2.38. The standard InChI is InChI=1S/C30H34FN3O5S/c1-21(30(36)32-19-23-5-14-27(39-2)15-6-23)34(20-24-3-10-25(31)11-4-24)29(35)18-9-22-7-16-28(17-8-22)40(37,38)33-26-12-13-26/h3-8,10-11,14-17,21,26,33H,9,12-13,18-20H2,1-2H3,(H,32,36)/t21-/m0/s1. The number of carbonyl (C=O) groups is 2. The lowest BCUT2D eigenvalue weighted by atomic mass is 10.1. The normalized spacial score (nSPS) is 13.9. The highest BCUT2D eigenvalue weighted by atomic mass is 32.2. The number of sulfonamides is 1. The van der Waals surface area contributed by atoms with E-state index in [0.29, 0.717) is 17.7 Å². The molecule has 1 aliphatic rings. The maximum absolute atomic E-state index is 13.5. The lowest BCUT2D eigenvalue weighted by Crippen LogP contribution is -2.47. The average molecular weight is 568 g/mol. The minimum atomic E-state index is -3.55. The first kappa shape index (κ1) is 29.2. The fourth-order valence-corrected chi connectivity index (χ4v) is 5.47. The largest absolute Gasteiger partial charge is 0.497 e. The van der Waals surface area contributed by atoms with Crippen LogP contribution in [0.5, 0.6) is 5.75 Å². The lowest BCUT2D eigenvalue weighted by Gasteiger charge is -2.29. The first-order chi connectivity index (χ1) is 19.1. The van der Waals surface area contributed by atoms with E-state index in [2.05, 4.69) is 10.0 Å². The zero-order valence-corrected chi connectivity index (χ0v) is 23.4. The van der Waals surface area contributed by atoms with Gasteiger partial charge in [-0.1, -0.05) is 36.4 Å². The van der Waals surface area contributed by atoms with E-state index in [1.54, 1.807) is 50.4 Å². The molecule has 0 heterocycles. The highest BCUT2D eigenvalue weighted by molar-refractivity contribution is 7.89. The van der Waals surface area contributed by atoms with Crippen LogP contribution in [-0.4, -0.2) is 44.3 Å². The molecule has 0 spiro atoms. The van der Waals surface area contributed by atoms with E-state index in [-0.39, 0.29) is 48.1 Å². The molecular formula is C30H34FN3O5S. The van der Waals surface area contributed by atoms with Gasteiger partial charge in [0.05, 0.1) is 12.0 Å². The summed E-state index contributed by atoms with van der Waals surface area (Å²) in [4.78, 5) is 28.1. The molecule has 8 nitrogen and oxygen atoms in total. The third-order valence-electron chi connectivity index (χ3n) is 6.82. The molecule has 2 amide bonds. The Morgan fingerprint density at radius 2 is 1.55 bits per heavy atom. The van der Waals surface area contributed by atoms with Crippen LogP contribution in [-0.2, 0) is 39.1 Å². The summed E-state index contributed by atoms with van der Waals surface area (Å²) in [6, 6.07) is 18.8. The number of benzene rings is 3. The molecular weight excluding hydrogens is 533 g/mol. The second kappa shape index (κ2) is 13.1. The van der Waals surface area contributed by atoms with E-state index in [1.807, 2.05) is 12.1 Å². The van der Waals surface area contributed by atoms with Crippen LogP contribution >= 0.6 is 0 Å². The van der Waals surface area contributed by atoms with Crippen LogP contribution in [0.25, 0.3) is 0 Å². The number of methoxy groups -OCH3 is 1. The van der Waals surface area contributed by atoms with Crippen molar-refractivity contribution >= 4 is 21.8 Å². The van der Waals surface area contributed by atoms with E-state index in [0.717, 1.165) is 24.0 Å². The molecule has 1 saturated carbocycles. The highest BCUT2D eigenvalue weighted by Gasteiger charge is 2.28. The predicted molar refractivity (Wildman–Crippen MR) is 149 cm³/mol. The number of rotatable bonds is 13. The fourth-order valence-electron chi connectivity index (χ4n) is 4.17. The van der Waals surface area contributed by atoms with E-state index < -0.39 is 16.1 Å². The second-order valence-electron chi connectivity index (χ2n) is 9.93. The Kier molecular flexibility index (Phi) is 9.54. The van der Waals surface area contributed by atoms with Crippen molar-refractivity contribution in [1.29, 1.82) is 0 Å². The summed E-state index contributed by atoms with van der Waals surface area (Å²) in [6.45, 7) is 2.09. The monoisotopic (exact) mass is 567 g/mol.